The van der Waals surface area contributed by atoms with Gasteiger partial charge in [-0.25, -0.2) is 0 Å². The maximum atomic E-state index is 9.73. The van der Waals surface area contributed by atoms with Crippen molar-refractivity contribution in [2.24, 2.45) is 0 Å². The molecular weight excluding hydrogens is 653 g/mol. The maximum Gasteiger partial charge on any atom is 0.0645 e. The molecular formula is C52H36N2. The zero-order chi connectivity index (χ0) is 46.3. The summed E-state index contributed by atoms with van der Waals surface area (Å²) in [6, 6.07) is 36.7. The number of fused-ring (bicyclic) bond motifs is 4. The first-order chi connectivity index (χ1) is 31.8. The van der Waals surface area contributed by atoms with Gasteiger partial charge in [0.1, 0.15) is 0 Å². The molecule has 0 aliphatic rings. The van der Waals surface area contributed by atoms with Crippen LogP contribution in [0.5, 0.6) is 0 Å². The number of hydrogen-bond donors (Lipinski definition) is 0. The molecule has 254 valence electrons. The van der Waals surface area contributed by atoms with E-state index in [0.29, 0.717) is 27.8 Å². The highest BCUT2D eigenvalue weighted by molar-refractivity contribution is 6.09. The quantitative estimate of drug-likeness (QED) is 0.161. The molecule has 0 amide bonds. The fourth-order valence-corrected chi connectivity index (χ4v) is 7.11. The van der Waals surface area contributed by atoms with Gasteiger partial charge in [-0.1, -0.05) is 164 Å². The molecule has 0 saturated carbocycles. The van der Waals surface area contributed by atoms with E-state index in [2.05, 4.69) is 0 Å². The van der Waals surface area contributed by atoms with Crippen molar-refractivity contribution in [3.8, 4) is 39.1 Å². The average molecular weight is 701 g/mol. The standard InChI is InChI=1S/C52H36N2/c1-2-13-37(14-3-1)38-25-31-42(32-26-38)53(43-33-27-40(28-34-43)46-21-12-16-39-15-4-5-17-45(39)46)44-35-29-41(30-36-44)47-18-6-9-22-50(47)54-51-23-10-7-19-48(51)49-20-8-11-24-52(49)54/h1-36H/i25D,26D,27D,28D,29D,30D,31D,32D,33D,34D,35D,36D. The van der Waals surface area contributed by atoms with E-state index in [1.54, 1.807) is 66.7 Å². The third-order valence-corrected chi connectivity index (χ3v) is 9.62. The van der Waals surface area contributed by atoms with Crippen LogP contribution in [-0.4, -0.2) is 4.57 Å². The second kappa shape index (κ2) is 13.4. The molecule has 10 aromatic rings. The highest BCUT2D eigenvalue weighted by Gasteiger charge is 2.17. The van der Waals surface area contributed by atoms with Gasteiger partial charge in [0, 0.05) is 33.4 Å². The average Bonchev–Trinajstić information content (AvgIpc) is 3.67. The zero-order valence-electron chi connectivity index (χ0n) is 40.8. The third kappa shape index (κ3) is 5.53. The predicted molar refractivity (Wildman–Crippen MR) is 229 cm³/mol. The molecule has 0 aliphatic carbocycles. The summed E-state index contributed by atoms with van der Waals surface area (Å²) in [6.45, 7) is 0. The largest absolute Gasteiger partial charge is 0.311 e. The minimum Gasteiger partial charge on any atom is -0.311 e. The van der Waals surface area contributed by atoms with Gasteiger partial charge >= 0.3 is 0 Å². The zero-order valence-corrected chi connectivity index (χ0v) is 28.8. The summed E-state index contributed by atoms with van der Waals surface area (Å²) >= 11 is 0. The van der Waals surface area contributed by atoms with Crippen molar-refractivity contribution in [3.05, 3.63) is 218 Å². The van der Waals surface area contributed by atoms with Crippen LogP contribution in [0.4, 0.5) is 17.1 Å². The smallest absolute Gasteiger partial charge is 0.0645 e. The van der Waals surface area contributed by atoms with Crippen LogP contribution in [0.1, 0.15) is 16.4 Å². The molecule has 0 fully saturated rings. The van der Waals surface area contributed by atoms with Gasteiger partial charge < -0.3 is 9.47 Å². The van der Waals surface area contributed by atoms with Crippen molar-refractivity contribution >= 4 is 49.6 Å². The molecule has 0 spiro atoms. The number of nitrogens with zero attached hydrogens (tertiary/aromatic N) is 2. The summed E-state index contributed by atoms with van der Waals surface area (Å²) in [6.07, 6.45) is 0. The molecule has 0 bridgehead atoms. The minimum atomic E-state index is -0.679. The van der Waals surface area contributed by atoms with Crippen LogP contribution in [0.15, 0.2) is 218 Å². The Hall–Kier alpha value is -7.16. The molecule has 2 heteroatoms. The van der Waals surface area contributed by atoms with Crippen molar-refractivity contribution in [3.63, 3.8) is 0 Å². The van der Waals surface area contributed by atoms with E-state index < -0.39 is 89.6 Å². The van der Waals surface area contributed by atoms with Crippen LogP contribution in [-0.2, 0) is 0 Å². The van der Waals surface area contributed by atoms with Gasteiger partial charge in [-0.05, 0) is 93.0 Å². The molecule has 0 radical (unpaired) electrons. The first-order valence-electron chi connectivity index (χ1n) is 23.6. The number of benzene rings is 9. The maximum absolute atomic E-state index is 9.73. The van der Waals surface area contributed by atoms with Crippen molar-refractivity contribution in [1.29, 1.82) is 0 Å². The molecule has 0 aliphatic heterocycles. The Labute approximate surface area is 332 Å². The topological polar surface area (TPSA) is 8.17 Å². The predicted octanol–water partition coefficient (Wildman–Crippen LogP) is 14.4. The summed E-state index contributed by atoms with van der Waals surface area (Å²) in [5, 5.41) is 3.40. The second-order valence-electron chi connectivity index (χ2n) is 12.8. The molecule has 1 aromatic heterocycles. The SMILES string of the molecule is [2H]c1c([2H])c(N(c2c([2H])c([2H])c(-c3ccccc3-n3c4ccccc4c4ccccc43)c([2H])c2[2H])c2c([2H])c([2H])c(-c3cccc4ccccc34)c([2H])c2[2H])c([2H])c([2H])c1-c1ccccc1. The van der Waals surface area contributed by atoms with Gasteiger partial charge in [0.05, 0.1) is 33.2 Å². The van der Waals surface area contributed by atoms with Crippen LogP contribution in [0.2, 0.25) is 0 Å². The lowest BCUT2D eigenvalue weighted by atomic mass is 9.98. The van der Waals surface area contributed by atoms with Crippen molar-refractivity contribution in [2.45, 2.75) is 0 Å². The Morgan fingerprint density at radius 2 is 0.778 bits per heavy atom. The summed E-state index contributed by atoms with van der Waals surface area (Å²) in [7, 11) is 0. The van der Waals surface area contributed by atoms with Gasteiger partial charge in [0.2, 0.25) is 0 Å². The van der Waals surface area contributed by atoms with E-state index >= 15 is 0 Å². The summed E-state index contributed by atoms with van der Waals surface area (Å²) in [5.74, 6) is 0. The minimum absolute atomic E-state index is 0.0407. The fourth-order valence-electron chi connectivity index (χ4n) is 7.11. The second-order valence-corrected chi connectivity index (χ2v) is 12.8. The van der Waals surface area contributed by atoms with E-state index in [-0.39, 0.29) is 16.7 Å². The number of rotatable bonds is 7. The van der Waals surface area contributed by atoms with Crippen LogP contribution < -0.4 is 4.90 Å². The van der Waals surface area contributed by atoms with Crippen LogP contribution in [0.25, 0.3) is 71.6 Å². The van der Waals surface area contributed by atoms with Gasteiger partial charge in [-0.2, -0.15) is 0 Å². The Kier molecular flexibility index (Phi) is 5.32. The lowest BCUT2D eigenvalue weighted by molar-refractivity contribution is 1.18. The number of para-hydroxylation sites is 3. The van der Waals surface area contributed by atoms with E-state index in [4.69, 9.17) is 0 Å². The summed E-state index contributed by atoms with van der Waals surface area (Å²) in [4.78, 5) is 0.854. The Morgan fingerprint density at radius 3 is 1.41 bits per heavy atom. The molecule has 0 saturated heterocycles. The van der Waals surface area contributed by atoms with Crippen LogP contribution in [0, 0.1) is 0 Å². The van der Waals surface area contributed by atoms with E-state index in [9.17, 15) is 16.4 Å². The van der Waals surface area contributed by atoms with Crippen LogP contribution in [0.3, 0.4) is 0 Å². The number of hydrogen-bond acceptors (Lipinski definition) is 1. The lowest BCUT2D eigenvalue weighted by Gasteiger charge is -2.26. The molecule has 0 N–H and O–H groups in total. The highest BCUT2D eigenvalue weighted by atomic mass is 15.1. The third-order valence-electron chi connectivity index (χ3n) is 9.62. The van der Waals surface area contributed by atoms with Crippen molar-refractivity contribution in [2.75, 3.05) is 4.90 Å². The van der Waals surface area contributed by atoms with Gasteiger partial charge in [0.25, 0.3) is 0 Å². The van der Waals surface area contributed by atoms with Crippen molar-refractivity contribution < 1.29 is 16.4 Å². The van der Waals surface area contributed by atoms with Gasteiger partial charge in [-0.15, -0.1) is 0 Å². The molecule has 9 aromatic carbocycles. The molecule has 10 rings (SSSR count). The molecule has 1 heterocycles. The van der Waals surface area contributed by atoms with Gasteiger partial charge in [-0.3, -0.25) is 0 Å². The van der Waals surface area contributed by atoms with E-state index in [0.717, 1.165) is 32.1 Å². The number of aromatic nitrogens is 1. The number of anilines is 3. The highest BCUT2D eigenvalue weighted by Crippen LogP contribution is 2.40. The Bertz CT molecular complexity index is 3500. The normalized spacial score (nSPS) is 14.4. The molecule has 2 nitrogen and oxygen atoms in total. The Morgan fingerprint density at radius 1 is 0.333 bits per heavy atom. The van der Waals surface area contributed by atoms with E-state index in [1.165, 1.54) is 0 Å². The summed E-state index contributed by atoms with van der Waals surface area (Å²) < 4.78 is 116. The van der Waals surface area contributed by atoms with E-state index in [1.807, 2.05) is 83.4 Å². The Balaban J connectivity index is 1.28. The first kappa shape index (κ1) is 21.4. The molecule has 54 heavy (non-hydrogen) atoms. The monoisotopic (exact) mass is 700 g/mol. The van der Waals surface area contributed by atoms with Crippen LogP contribution >= 0.6 is 0 Å². The molecule has 0 atom stereocenters. The summed E-state index contributed by atoms with van der Waals surface area (Å²) in [5.41, 5.74) is 1.51. The molecule has 0 unspecified atom stereocenters. The van der Waals surface area contributed by atoms with Gasteiger partial charge in [0.15, 0.2) is 0 Å². The van der Waals surface area contributed by atoms with Crippen molar-refractivity contribution in [1.82, 2.24) is 4.57 Å². The fraction of sp³-hybridized carbons (Fsp3) is 0. The first-order valence-corrected chi connectivity index (χ1v) is 17.6. The lowest BCUT2D eigenvalue weighted by Crippen LogP contribution is -2.09.